The van der Waals surface area contributed by atoms with Crippen molar-refractivity contribution in [2.75, 3.05) is 36.2 Å². The molecule has 1 N–H and O–H groups in total. The molecule has 1 aliphatic rings. The summed E-state index contributed by atoms with van der Waals surface area (Å²) >= 11 is 1.47. The number of carbonyl (C=O) groups excluding carboxylic acids is 1. The molecule has 0 aliphatic carbocycles. The molecule has 168 valence electrons. The number of para-hydroxylation sites is 2. The molecule has 9 heteroatoms. The number of methoxy groups -OCH3 is 1. The van der Waals surface area contributed by atoms with Gasteiger partial charge >= 0.3 is 0 Å². The summed E-state index contributed by atoms with van der Waals surface area (Å²) in [6.07, 6.45) is 3.78. The first kappa shape index (κ1) is 22.1. The predicted molar refractivity (Wildman–Crippen MR) is 124 cm³/mol. The van der Waals surface area contributed by atoms with E-state index in [9.17, 15) is 9.18 Å². The molecule has 2 heterocycles. The molecule has 1 aliphatic heterocycles. The van der Waals surface area contributed by atoms with Crippen molar-refractivity contribution in [2.45, 2.75) is 30.8 Å². The van der Waals surface area contributed by atoms with E-state index < -0.39 is 0 Å². The summed E-state index contributed by atoms with van der Waals surface area (Å²) in [7, 11) is 1.65. The zero-order valence-corrected chi connectivity index (χ0v) is 18.8. The number of anilines is 2. The Bertz CT molecular complexity index is 1050. The molecule has 2 aromatic carbocycles. The van der Waals surface area contributed by atoms with Crippen molar-refractivity contribution in [3.63, 3.8) is 0 Å². The van der Waals surface area contributed by atoms with Crippen molar-refractivity contribution in [3.8, 4) is 11.4 Å². The van der Waals surface area contributed by atoms with E-state index in [1.54, 1.807) is 19.2 Å². The molecule has 0 bridgehead atoms. The van der Waals surface area contributed by atoms with Crippen molar-refractivity contribution in [1.29, 1.82) is 0 Å². The number of amides is 1. The number of aromatic nitrogens is 3. The third-order valence-corrected chi connectivity index (χ3v) is 6.20. The van der Waals surface area contributed by atoms with Crippen LogP contribution in [-0.4, -0.2) is 46.6 Å². The zero-order valence-electron chi connectivity index (χ0n) is 18.0. The van der Waals surface area contributed by atoms with Crippen LogP contribution < -0.4 is 15.0 Å². The van der Waals surface area contributed by atoms with Gasteiger partial charge in [-0.2, -0.15) is 0 Å². The Morgan fingerprint density at radius 1 is 1.09 bits per heavy atom. The third-order valence-electron chi connectivity index (χ3n) is 5.27. The Balaban J connectivity index is 1.50. The number of hydrogen-bond donors (Lipinski definition) is 1. The highest BCUT2D eigenvalue weighted by molar-refractivity contribution is 7.99. The van der Waals surface area contributed by atoms with Gasteiger partial charge in [0.2, 0.25) is 11.9 Å². The third kappa shape index (κ3) is 5.21. The molecular weight excluding hydrogens is 429 g/mol. The molecule has 1 aromatic heterocycles. The number of piperidine rings is 1. The second-order valence-corrected chi connectivity index (χ2v) is 8.55. The summed E-state index contributed by atoms with van der Waals surface area (Å²) < 4.78 is 20.6. The second kappa shape index (κ2) is 10.5. The van der Waals surface area contributed by atoms with E-state index in [4.69, 9.17) is 4.74 Å². The molecule has 1 fully saturated rings. The molecule has 32 heavy (non-hydrogen) atoms. The molecule has 0 spiro atoms. The highest BCUT2D eigenvalue weighted by Gasteiger charge is 2.23. The summed E-state index contributed by atoms with van der Waals surface area (Å²) in [5, 5.41) is 12.4. The fraction of sp³-hybridized carbons (Fsp3) is 0.348. The average molecular weight is 456 g/mol. The Morgan fingerprint density at radius 2 is 1.84 bits per heavy atom. The van der Waals surface area contributed by atoms with E-state index in [0.29, 0.717) is 23.0 Å². The van der Waals surface area contributed by atoms with Crippen LogP contribution in [0.2, 0.25) is 0 Å². The molecule has 0 radical (unpaired) electrons. The number of carbonyl (C=O) groups is 1. The van der Waals surface area contributed by atoms with Gasteiger partial charge < -0.3 is 15.0 Å². The van der Waals surface area contributed by atoms with Crippen molar-refractivity contribution in [2.24, 2.45) is 0 Å². The lowest BCUT2D eigenvalue weighted by Crippen LogP contribution is -2.31. The number of rotatable bonds is 8. The van der Waals surface area contributed by atoms with Crippen LogP contribution in [0.25, 0.3) is 5.69 Å². The van der Waals surface area contributed by atoms with Crippen LogP contribution in [0.4, 0.5) is 16.0 Å². The van der Waals surface area contributed by atoms with Crippen LogP contribution in [0, 0.1) is 5.82 Å². The van der Waals surface area contributed by atoms with Crippen LogP contribution >= 0.6 is 11.8 Å². The van der Waals surface area contributed by atoms with Gasteiger partial charge in [-0.05, 0) is 55.7 Å². The first-order valence-corrected chi connectivity index (χ1v) is 11.7. The van der Waals surface area contributed by atoms with Crippen molar-refractivity contribution >= 4 is 29.3 Å². The van der Waals surface area contributed by atoms with Gasteiger partial charge in [0, 0.05) is 31.0 Å². The highest BCUT2D eigenvalue weighted by atomic mass is 32.2. The van der Waals surface area contributed by atoms with Gasteiger partial charge in [0.05, 0.1) is 12.8 Å². The van der Waals surface area contributed by atoms with Crippen molar-refractivity contribution in [1.82, 2.24) is 14.8 Å². The standard InChI is InChI=1S/C23H26FN5O2S/c1-31-20-8-4-3-7-19(20)29-22(28-14-5-2-6-15-28)26-27-23(29)32-16-13-21(30)25-18-11-9-17(24)10-12-18/h3-4,7-12H,2,5-6,13-16H2,1H3,(H,25,30). The SMILES string of the molecule is COc1ccccc1-n1c(SCCC(=O)Nc2ccc(F)cc2)nnc1N1CCCCC1. The zero-order chi connectivity index (χ0) is 22.3. The molecule has 7 nitrogen and oxygen atoms in total. The smallest absolute Gasteiger partial charge is 0.232 e. The minimum Gasteiger partial charge on any atom is -0.495 e. The van der Waals surface area contributed by atoms with Gasteiger partial charge in [0.25, 0.3) is 0 Å². The maximum atomic E-state index is 13.0. The largest absolute Gasteiger partial charge is 0.495 e. The average Bonchev–Trinajstić information content (AvgIpc) is 3.24. The number of halogens is 1. The lowest BCUT2D eigenvalue weighted by molar-refractivity contribution is -0.115. The van der Waals surface area contributed by atoms with E-state index in [-0.39, 0.29) is 11.7 Å². The summed E-state index contributed by atoms with van der Waals surface area (Å²) in [6.45, 7) is 1.88. The van der Waals surface area contributed by atoms with Crippen LogP contribution in [0.5, 0.6) is 5.75 Å². The number of hydrogen-bond acceptors (Lipinski definition) is 6. The fourth-order valence-electron chi connectivity index (χ4n) is 3.67. The van der Waals surface area contributed by atoms with E-state index >= 15 is 0 Å². The summed E-state index contributed by atoms with van der Waals surface area (Å²) in [5.74, 6) is 1.59. The number of nitrogens with zero attached hydrogens (tertiary/aromatic N) is 4. The summed E-state index contributed by atoms with van der Waals surface area (Å²) in [4.78, 5) is 14.6. The van der Waals surface area contributed by atoms with E-state index in [2.05, 4.69) is 20.4 Å². The Hall–Kier alpha value is -3.07. The van der Waals surface area contributed by atoms with Crippen LogP contribution in [-0.2, 0) is 4.79 Å². The molecule has 1 saturated heterocycles. The molecule has 1 amide bonds. The lowest BCUT2D eigenvalue weighted by Gasteiger charge is -2.28. The molecule has 0 atom stereocenters. The molecule has 3 aromatic rings. The minimum atomic E-state index is -0.334. The number of ether oxygens (including phenoxy) is 1. The van der Waals surface area contributed by atoms with Gasteiger partial charge in [-0.25, -0.2) is 4.39 Å². The number of benzene rings is 2. The maximum Gasteiger partial charge on any atom is 0.232 e. The molecule has 4 rings (SSSR count). The molecule has 0 saturated carbocycles. The minimum absolute atomic E-state index is 0.135. The van der Waals surface area contributed by atoms with E-state index in [1.165, 1.54) is 30.3 Å². The first-order chi connectivity index (χ1) is 15.7. The number of nitrogens with one attached hydrogen (secondary N) is 1. The Labute approximate surface area is 191 Å². The van der Waals surface area contributed by atoms with Gasteiger partial charge in [0.15, 0.2) is 5.16 Å². The summed E-state index contributed by atoms with van der Waals surface area (Å²) in [5.41, 5.74) is 1.45. The monoisotopic (exact) mass is 455 g/mol. The van der Waals surface area contributed by atoms with Crippen molar-refractivity contribution in [3.05, 3.63) is 54.3 Å². The van der Waals surface area contributed by atoms with Crippen LogP contribution in [0.15, 0.2) is 53.7 Å². The van der Waals surface area contributed by atoms with Gasteiger partial charge in [-0.3, -0.25) is 9.36 Å². The van der Waals surface area contributed by atoms with Gasteiger partial charge in [-0.15, -0.1) is 10.2 Å². The van der Waals surface area contributed by atoms with E-state index in [0.717, 1.165) is 43.3 Å². The lowest BCUT2D eigenvalue weighted by atomic mass is 10.1. The van der Waals surface area contributed by atoms with Crippen LogP contribution in [0.3, 0.4) is 0 Å². The quantitative estimate of drug-likeness (QED) is 0.504. The highest BCUT2D eigenvalue weighted by Crippen LogP contribution is 2.33. The van der Waals surface area contributed by atoms with E-state index in [1.807, 2.05) is 28.8 Å². The number of thioether (sulfide) groups is 1. The summed E-state index contributed by atoms with van der Waals surface area (Å²) in [6, 6.07) is 13.5. The second-order valence-electron chi connectivity index (χ2n) is 7.49. The predicted octanol–water partition coefficient (Wildman–Crippen LogP) is 4.53. The van der Waals surface area contributed by atoms with Crippen LogP contribution in [0.1, 0.15) is 25.7 Å². The van der Waals surface area contributed by atoms with Gasteiger partial charge in [0.1, 0.15) is 11.6 Å². The first-order valence-electron chi connectivity index (χ1n) is 10.7. The molecule has 0 unspecified atom stereocenters. The maximum absolute atomic E-state index is 13.0. The fourth-order valence-corrected chi connectivity index (χ4v) is 4.55. The normalized spacial score (nSPS) is 13.8. The topological polar surface area (TPSA) is 72.3 Å². The van der Waals surface area contributed by atoms with Gasteiger partial charge in [-0.1, -0.05) is 23.9 Å². The Morgan fingerprint density at radius 3 is 2.59 bits per heavy atom. The molecular formula is C23H26FN5O2S. The Kier molecular flexibility index (Phi) is 7.26. The van der Waals surface area contributed by atoms with Crippen molar-refractivity contribution < 1.29 is 13.9 Å².